The van der Waals surface area contributed by atoms with E-state index in [1.807, 2.05) is 36.4 Å². The van der Waals surface area contributed by atoms with Gasteiger partial charge in [0.2, 0.25) is 0 Å². The van der Waals surface area contributed by atoms with Crippen molar-refractivity contribution in [2.24, 2.45) is 0 Å². The maximum Gasteiger partial charge on any atom is 0.336 e. The van der Waals surface area contributed by atoms with Crippen LogP contribution >= 0.6 is 0 Å². The fourth-order valence-corrected chi connectivity index (χ4v) is 3.38. The number of fused-ring (bicyclic) bond motifs is 2. The van der Waals surface area contributed by atoms with Gasteiger partial charge in [-0.1, -0.05) is 19.4 Å². The molecule has 4 rings (SSSR count). The summed E-state index contributed by atoms with van der Waals surface area (Å²) in [7, 11) is 1.60. The maximum atomic E-state index is 11.9. The first-order valence-corrected chi connectivity index (χ1v) is 9.34. The summed E-state index contributed by atoms with van der Waals surface area (Å²) >= 11 is 0. The number of carboxylic acids is 1. The zero-order chi connectivity index (χ0) is 19.7. The van der Waals surface area contributed by atoms with E-state index in [0.717, 1.165) is 30.2 Å². The van der Waals surface area contributed by atoms with Gasteiger partial charge in [-0.05, 0) is 54.8 Å². The van der Waals surface area contributed by atoms with Gasteiger partial charge in [-0.2, -0.15) is 0 Å². The van der Waals surface area contributed by atoms with Crippen molar-refractivity contribution in [2.45, 2.75) is 26.2 Å². The third-order valence-electron chi connectivity index (χ3n) is 4.90. The van der Waals surface area contributed by atoms with Crippen LogP contribution in [0.2, 0.25) is 0 Å². The number of unbranched alkanes of at least 4 members (excludes halogenated alkanes) is 1. The molecule has 1 N–H and O–H groups in total. The number of furan rings is 1. The molecule has 142 valence electrons. The van der Waals surface area contributed by atoms with E-state index >= 15 is 0 Å². The molecular formula is C23H21NO4. The predicted molar refractivity (Wildman–Crippen MR) is 109 cm³/mol. The van der Waals surface area contributed by atoms with Crippen LogP contribution in [0, 0.1) is 0 Å². The summed E-state index contributed by atoms with van der Waals surface area (Å²) in [6.07, 6.45) is 3.10. The number of ether oxygens (including phenoxy) is 1. The van der Waals surface area contributed by atoms with Gasteiger partial charge in [-0.25, -0.2) is 9.78 Å². The van der Waals surface area contributed by atoms with E-state index in [0.29, 0.717) is 33.7 Å². The Morgan fingerprint density at radius 2 is 2.00 bits per heavy atom. The number of methoxy groups -OCH3 is 1. The Hall–Kier alpha value is -3.34. The predicted octanol–water partition coefficient (Wildman–Crippen LogP) is 5.70. The molecule has 0 atom stereocenters. The molecule has 0 aliphatic rings. The summed E-state index contributed by atoms with van der Waals surface area (Å²) in [6.45, 7) is 2.14. The van der Waals surface area contributed by atoms with Gasteiger partial charge >= 0.3 is 5.97 Å². The number of aromatic nitrogens is 1. The van der Waals surface area contributed by atoms with Gasteiger partial charge in [0.25, 0.3) is 0 Å². The molecule has 0 aliphatic carbocycles. The maximum absolute atomic E-state index is 11.9. The van der Waals surface area contributed by atoms with Gasteiger partial charge in [0.15, 0.2) is 5.76 Å². The number of rotatable bonds is 6. The van der Waals surface area contributed by atoms with Crippen molar-refractivity contribution in [1.29, 1.82) is 0 Å². The van der Waals surface area contributed by atoms with Crippen molar-refractivity contribution in [2.75, 3.05) is 7.11 Å². The van der Waals surface area contributed by atoms with Gasteiger partial charge in [-0.15, -0.1) is 0 Å². The van der Waals surface area contributed by atoms with E-state index in [4.69, 9.17) is 9.15 Å². The molecule has 0 radical (unpaired) electrons. The summed E-state index contributed by atoms with van der Waals surface area (Å²) < 4.78 is 11.2. The van der Waals surface area contributed by atoms with Gasteiger partial charge < -0.3 is 14.3 Å². The lowest BCUT2D eigenvalue weighted by Crippen LogP contribution is -2.01. The zero-order valence-electron chi connectivity index (χ0n) is 15.9. The lowest BCUT2D eigenvalue weighted by atomic mass is 10.0. The van der Waals surface area contributed by atoms with Crippen molar-refractivity contribution in [3.63, 3.8) is 0 Å². The van der Waals surface area contributed by atoms with Crippen molar-refractivity contribution in [3.05, 3.63) is 59.7 Å². The van der Waals surface area contributed by atoms with E-state index < -0.39 is 5.97 Å². The van der Waals surface area contributed by atoms with Gasteiger partial charge in [0.05, 0.1) is 18.2 Å². The second-order valence-electron chi connectivity index (χ2n) is 6.83. The lowest BCUT2D eigenvalue weighted by Gasteiger charge is -2.08. The number of pyridine rings is 1. The van der Waals surface area contributed by atoms with Crippen LogP contribution < -0.4 is 4.74 Å². The van der Waals surface area contributed by atoms with E-state index in [2.05, 4.69) is 11.9 Å². The van der Waals surface area contributed by atoms with Gasteiger partial charge in [-0.3, -0.25) is 0 Å². The molecule has 0 amide bonds. The Bertz CT molecular complexity index is 1180. The number of hydrogen-bond donors (Lipinski definition) is 1. The summed E-state index contributed by atoms with van der Waals surface area (Å²) in [5, 5.41) is 11.3. The first-order valence-electron chi connectivity index (χ1n) is 9.34. The fraction of sp³-hybridized carbons (Fsp3) is 0.217. The molecule has 0 saturated heterocycles. The van der Waals surface area contributed by atoms with Crippen LogP contribution in [0.4, 0.5) is 0 Å². The number of carboxylic acid groups (broad SMARTS) is 1. The summed E-state index contributed by atoms with van der Waals surface area (Å²) in [5.41, 5.74) is 3.18. The van der Waals surface area contributed by atoms with Gasteiger partial charge in [0.1, 0.15) is 17.0 Å². The average molecular weight is 375 g/mol. The van der Waals surface area contributed by atoms with Crippen LogP contribution in [-0.4, -0.2) is 23.2 Å². The molecule has 0 bridgehead atoms. The molecule has 0 fully saturated rings. The zero-order valence-corrected chi connectivity index (χ0v) is 15.9. The fourth-order valence-electron chi connectivity index (χ4n) is 3.38. The van der Waals surface area contributed by atoms with Crippen molar-refractivity contribution < 1.29 is 19.1 Å². The summed E-state index contributed by atoms with van der Waals surface area (Å²) in [5.74, 6) is 0.257. The molecule has 0 aliphatic heterocycles. The van der Waals surface area contributed by atoms with Crippen LogP contribution in [-0.2, 0) is 6.42 Å². The Labute approximate surface area is 162 Å². The molecule has 0 spiro atoms. The van der Waals surface area contributed by atoms with E-state index in [-0.39, 0.29) is 5.56 Å². The van der Waals surface area contributed by atoms with Crippen molar-refractivity contribution in [1.82, 2.24) is 4.98 Å². The van der Waals surface area contributed by atoms with Crippen LogP contribution in [0.5, 0.6) is 5.75 Å². The van der Waals surface area contributed by atoms with Crippen molar-refractivity contribution in [3.8, 4) is 17.2 Å². The molecule has 0 unspecified atom stereocenters. The smallest absolute Gasteiger partial charge is 0.336 e. The van der Waals surface area contributed by atoms with E-state index in [9.17, 15) is 9.90 Å². The highest BCUT2D eigenvalue weighted by Crippen LogP contribution is 2.32. The highest BCUT2D eigenvalue weighted by molar-refractivity contribution is 6.04. The normalized spacial score (nSPS) is 11.2. The number of nitrogens with zero attached hydrogens (tertiary/aromatic N) is 1. The van der Waals surface area contributed by atoms with Gasteiger partial charge in [0, 0.05) is 16.8 Å². The minimum absolute atomic E-state index is 0.233. The molecule has 2 aromatic carbocycles. The van der Waals surface area contributed by atoms with E-state index in [1.165, 1.54) is 0 Å². The van der Waals surface area contributed by atoms with Crippen LogP contribution in [0.15, 0.2) is 52.9 Å². The number of carbonyl (C=O) groups is 1. The number of aromatic carboxylic acids is 1. The summed E-state index contributed by atoms with van der Waals surface area (Å²) in [6, 6.07) is 14.9. The first-order chi connectivity index (χ1) is 13.6. The monoisotopic (exact) mass is 375 g/mol. The standard InChI is InChI=1S/C23H21NO4/c1-3-4-5-14-6-9-19-17(10-14)18(23(25)26)13-20(24-19)22-11-15-7-8-16(27-2)12-21(15)28-22/h6-13H,3-5H2,1-2H3,(H,25,26). The third-order valence-corrected chi connectivity index (χ3v) is 4.90. The number of aryl methyl sites for hydroxylation is 1. The van der Waals surface area contributed by atoms with Crippen LogP contribution in [0.1, 0.15) is 35.7 Å². The Morgan fingerprint density at radius 1 is 1.14 bits per heavy atom. The van der Waals surface area contributed by atoms with E-state index in [1.54, 1.807) is 19.2 Å². The number of hydrogen-bond acceptors (Lipinski definition) is 4. The van der Waals surface area contributed by atoms with Crippen LogP contribution in [0.25, 0.3) is 33.3 Å². The Balaban J connectivity index is 1.84. The lowest BCUT2D eigenvalue weighted by molar-refractivity contribution is 0.0699. The molecular weight excluding hydrogens is 354 g/mol. The SMILES string of the molecule is CCCCc1ccc2nc(-c3cc4ccc(OC)cc4o3)cc(C(=O)O)c2c1. The topological polar surface area (TPSA) is 72.6 Å². The molecule has 2 aromatic heterocycles. The molecule has 2 heterocycles. The Morgan fingerprint density at radius 3 is 2.75 bits per heavy atom. The third kappa shape index (κ3) is 3.31. The van der Waals surface area contributed by atoms with Crippen molar-refractivity contribution >= 4 is 27.8 Å². The largest absolute Gasteiger partial charge is 0.497 e. The average Bonchev–Trinajstić information content (AvgIpc) is 3.14. The highest BCUT2D eigenvalue weighted by Gasteiger charge is 2.16. The molecule has 4 aromatic rings. The second-order valence-corrected chi connectivity index (χ2v) is 6.83. The highest BCUT2D eigenvalue weighted by atomic mass is 16.5. The molecule has 5 heteroatoms. The molecule has 28 heavy (non-hydrogen) atoms. The number of benzene rings is 2. The molecule has 0 saturated carbocycles. The first kappa shape index (κ1) is 18.0. The minimum Gasteiger partial charge on any atom is -0.497 e. The molecule has 5 nitrogen and oxygen atoms in total. The minimum atomic E-state index is -0.973. The van der Waals surface area contributed by atoms with Crippen LogP contribution in [0.3, 0.4) is 0 Å². The second kappa shape index (κ2) is 7.35. The summed E-state index contributed by atoms with van der Waals surface area (Å²) in [4.78, 5) is 16.6. The Kier molecular flexibility index (Phi) is 4.74. The quantitative estimate of drug-likeness (QED) is 0.468.